The van der Waals surface area contributed by atoms with Gasteiger partial charge in [-0.2, -0.15) is 5.10 Å². The van der Waals surface area contributed by atoms with Crippen LogP contribution in [0.2, 0.25) is 0 Å². The number of nitrogens with zero attached hydrogens (tertiary/aromatic N) is 4. The Kier molecular flexibility index (Phi) is 5.34. The van der Waals surface area contributed by atoms with Gasteiger partial charge in [0.25, 0.3) is 5.56 Å². The molecule has 146 valence electrons. The second-order valence-corrected chi connectivity index (χ2v) is 7.56. The number of H-pyrrole nitrogens is 1. The highest BCUT2D eigenvalue weighted by atomic mass is 16.2. The van der Waals surface area contributed by atoms with Crippen LogP contribution in [0.4, 0.5) is 10.5 Å². The summed E-state index contributed by atoms with van der Waals surface area (Å²) >= 11 is 0. The summed E-state index contributed by atoms with van der Waals surface area (Å²) in [7, 11) is 0. The van der Waals surface area contributed by atoms with Crippen molar-refractivity contribution in [3.05, 3.63) is 39.3 Å². The van der Waals surface area contributed by atoms with Gasteiger partial charge in [-0.1, -0.05) is 0 Å². The number of anilines is 1. The Morgan fingerprint density at radius 1 is 1.33 bits per heavy atom. The molecule has 27 heavy (non-hydrogen) atoms. The molecule has 8 nitrogen and oxygen atoms in total. The van der Waals surface area contributed by atoms with Crippen molar-refractivity contribution in [2.24, 2.45) is 0 Å². The number of carbonyl (C=O) groups is 1. The number of likely N-dealkylation sites (tertiary alicyclic amines) is 1. The molecule has 1 atom stereocenters. The maximum absolute atomic E-state index is 12.9. The Hall–Kier alpha value is -2.64. The minimum atomic E-state index is -0.147. The maximum Gasteiger partial charge on any atom is 0.321 e. The molecule has 3 heterocycles. The number of rotatable bonds is 3. The Morgan fingerprint density at radius 2 is 2.07 bits per heavy atom. The third-order valence-corrected chi connectivity index (χ3v) is 5.05. The van der Waals surface area contributed by atoms with Crippen LogP contribution < -0.4 is 10.9 Å². The molecule has 2 aromatic heterocycles. The Morgan fingerprint density at radius 3 is 2.70 bits per heavy atom. The molecule has 3 rings (SSSR count). The SMILES string of the molecule is Cc1nc([C@@H]2CCCN(C(=O)Nc3c(C)nn(C(C)C)c3C)C2)cc(=O)[nH]1. The van der Waals surface area contributed by atoms with E-state index >= 15 is 0 Å². The fourth-order valence-corrected chi connectivity index (χ4v) is 3.75. The topological polar surface area (TPSA) is 95.9 Å². The van der Waals surface area contributed by atoms with Gasteiger partial charge < -0.3 is 15.2 Å². The number of carbonyl (C=O) groups excluding carboxylic acids is 1. The van der Waals surface area contributed by atoms with E-state index in [9.17, 15) is 9.59 Å². The van der Waals surface area contributed by atoms with E-state index < -0.39 is 0 Å². The lowest BCUT2D eigenvalue weighted by molar-refractivity contribution is 0.192. The van der Waals surface area contributed by atoms with Gasteiger partial charge in [-0.05, 0) is 47.5 Å². The summed E-state index contributed by atoms with van der Waals surface area (Å²) in [6, 6.07) is 1.65. The average molecular weight is 372 g/mol. The molecule has 2 N–H and O–H groups in total. The van der Waals surface area contributed by atoms with Gasteiger partial charge in [-0.15, -0.1) is 0 Å². The smallest absolute Gasteiger partial charge is 0.321 e. The molecule has 1 aliphatic heterocycles. The predicted octanol–water partition coefficient (Wildman–Crippen LogP) is 2.88. The molecule has 1 fully saturated rings. The fourth-order valence-electron chi connectivity index (χ4n) is 3.75. The molecule has 0 saturated carbocycles. The number of aryl methyl sites for hydroxylation is 2. The van der Waals surface area contributed by atoms with Crippen LogP contribution in [0.25, 0.3) is 0 Å². The van der Waals surface area contributed by atoms with Crippen molar-refractivity contribution in [2.75, 3.05) is 18.4 Å². The van der Waals surface area contributed by atoms with Crippen molar-refractivity contribution < 1.29 is 4.79 Å². The highest BCUT2D eigenvalue weighted by molar-refractivity contribution is 5.90. The van der Waals surface area contributed by atoms with Crippen molar-refractivity contribution in [2.45, 2.75) is 59.4 Å². The predicted molar refractivity (Wildman–Crippen MR) is 104 cm³/mol. The Balaban J connectivity index is 1.75. The number of urea groups is 1. The van der Waals surface area contributed by atoms with Crippen LogP contribution in [-0.4, -0.2) is 43.8 Å². The third kappa shape index (κ3) is 4.04. The van der Waals surface area contributed by atoms with Gasteiger partial charge in [0.2, 0.25) is 0 Å². The molecule has 0 bridgehead atoms. The van der Waals surface area contributed by atoms with E-state index in [1.807, 2.05) is 18.5 Å². The van der Waals surface area contributed by atoms with Gasteiger partial charge in [0.05, 0.1) is 22.8 Å². The maximum atomic E-state index is 12.9. The number of amides is 2. The first-order valence-corrected chi connectivity index (χ1v) is 9.45. The fraction of sp³-hybridized carbons (Fsp3) is 0.579. The Labute approximate surface area is 159 Å². The van der Waals surface area contributed by atoms with Gasteiger partial charge in [0.15, 0.2) is 0 Å². The van der Waals surface area contributed by atoms with Crippen LogP contribution >= 0.6 is 0 Å². The number of piperidine rings is 1. The van der Waals surface area contributed by atoms with Crippen LogP contribution in [0.15, 0.2) is 10.9 Å². The minimum Gasteiger partial charge on any atom is -0.324 e. The van der Waals surface area contributed by atoms with Gasteiger partial charge in [0, 0.05) is 31.1 Å². The van der Waals surface area contributed by atoms with Gasteiger partial charge in [0.1, 0.15) is 5.82 Å². The lowest BCUT2D eigenvalue weighted by atomic mass is 9.94. The summed E-state index contributed by atoms with van der Waals surface area (Å²) < 4.78 is 1.92. The summed E-state index contributed by atoms with van der Waals surface area (Å²) in [5, 5.41) is 7.56. The number of hydrogen-bond donors (Lipinski definition) is 2. The van der Waals surface area contributed by atoms with E-state index in [0.29, 0.717) is 18.9 Å². The van der Waals surface area contributed by atoms with Gasteiger partial charge in [-0.3, -0.25) is 9.48 Å². The van der Waals surface area contributed by atoms with Crippen molar-refractivity contribution in [1.29, 1.82) is 0 Å². The van der Waals surface area contributed by atoms with Crippen molar-refractivity contribution in [3.8, 4) is 0 Å². The summed E-state index contributed by atoms with van der Waals surface area (Å²) in [6.07, 6.45) is 1.80. The molecule has 0 radical (unpaired) electrons. The summed E-state index contributed by atoms with van der Waals surface area (Å²) in [5.41, 5.74) is 3.16. The monoisotopic (exact) mass is 372 g/mol. The van der Waals surface area contributed by atoms with Gasteiger partial charge >= 0.3 is 6.03 Å². The lowest BCUT2D eigenvalue weighted by Gasteiger charge is -2.32. The normalized spacial score (nSPS) is 17.4. The highest BCUT2D eigenvalue weighted by Gasteiger charge is 2.27. The molecule has 0 spiro atoms. The molecule has 1 saturated heterocycles. The zero-order valence-corrected chi connectivity index (χ0v) is 16.7. The quantitative estimate of drug-likeness (QED) is 0.866. The molecule has 2 aromatic rings. The van der Waals surface area contributed by atoms with Crippen LogP contribution in [0.3, 0.4) is 0 Å². The first kappa shape index (κ1) is 19.1. The number of aromatic nitrogens is 4. The summed E-state index contributed by atoms with van der Waals surface area (Å²) in [4.78, 5) is 33.5. The second-order valence-electron chi connectivity index (χ2n) is 7.56. The molecule has 2 amide bonds. The van der Waals surface area contributed by atoms with Crippen LogP contribution in [0, 0.1) is 20.8 Å². The Bertz CT molecular complexity index is 898. The number of aromatic amines is 1. The van der Waals surface area contributed by atoms with Crippen LogP contribution in [0.1, 0.15) is 61.6 Å². The second kappa shape index (κ2) is 7.54. The number of hydrogen-bond acceptors (Lipinski definition) is 4. The molecule has 8 heteroatoms. The van der Waals surface area contributed by atoms with Crippen LogP contribution in [-0.2, 0) is 0 Å². The van der Waals surface area contributed by atoms with Crippen molar-refractivity contribution in [3.63, 3.8) is 0 Å². The zero-order valence-electron chi connectivity index (χ0n) is 16.7. The molecular weight excluding hydrogens is 344 g/mol. The molecule has 1 aliphatic rings. The van der Waals surface area contributed by atoms with Gasteiger partial charge in [-0.25, -0.2) is 9.78 Å². The molecular formula is C19H28N6O2. The van der Waals surface area contributed by atoms with Crippen LogP contribution in [0.5, 0.6) is 0 Å². The third-order valence-electron chi connectivity index (χ3n) is 5.05. The zero-order chi connectivity index (χ0) is 19.7. The molecule has 0 unspecified atom stereocenters. The lowest BCUT2D eigenvalue weighted by Crippen LogP contribution is -2.42. The van der Waals surface area contributed by atoms with E-state index in [0.717, 1.165) is 35.6 Å². The minimum absolute atomic E-state index is 0.0751. The first-order valence-electron chi connectivity index (χ1n) is 9.45. The molecule has 0 aliphatic carbocycles. The van der Waals surface area contributed by atoms with E-state index in [1.165, 1.54) is 0 Å². The van der Waals surface area contributed by atoms with E-state index in [2.05, 4.69) is 34.2 Å². The molecule has 0 aromatic carbocycles. The van der Waals surface area contributed by atoms with E-state index in [-0.39, 0.29) is 23.6 Å². The average Bonchev–Trinajstić information content (AvgIpc) is 2.89. The summed E-state index contributed by atoms with van der Waals surface area (Å²) in [5.74, 6) is 0.678. The van der Waals surface area contributed by atoms with E-state index in [4.69, 9.17) is 0 Å². The van der Waals surface area contributed by atoms with Crippen molar-refractivity contribution in [1.82, 2.24) is 24.6 Å². The number of nitrogens with one attached hydrogen (secondary N) is 2. The van der Waals surface area contributed by atoms with Crippen molar-refractivity contribution >= 4 is 11.7 Å². The van der Waals surface area contributed by atoms with E-state index in [1.54, 1.807) is 17.9 Å². The largest absolute Gasteiger partial charge is 0.324 e. The standard InChI is InChI=1S/C19H28N6O2/c1-11(2)25-13(4)18(12(3)23-25)22-19(27)24-8-6-7-15(10-24)16-9-17(26)21-14(5)20-16/h9,11,15H,6-8,10H2,1-5H3,(H,22,27)(H,20,21,26)/t15-/m1/s1. The summed E-state index contributed by atoms with van der Waals surface area (Å²) in [6.45, 7) is 11.0. The highest BCUT2D eigenvalue weighted by Crippen LogP contribution is 2.27. The first-order chi connectivity index (χ1) is 12.8.